The van der Waals surface area contributed by atoms with E-state index >= 15 is 0 Å². The summed E-state index contributed by atoms with van der Waals surface area (Å²) < 4.78 is 18.8. The highest BCUT2D eigenvalue weighted by atomic mass is 19.1. The third-order valence-corrected chi connectivity index (χ3v) is 6.77. The summed E-state index contributed by atoms with van der Waals surface area (Å²) in [4.78, 5) is 34.2. The highest BCUT2D eigenvalue weighted by Crippen LogP contribution is 2.37. The standard InChI is InChI=1S/C27H30FN5O3/c1-27(2,3)18-8-11-22-21(14-18)33(25(35)16-36-22)15-24(34)32-12-4-5-20(32)26-29-23(30-31-26)13-17-6-9-19(28)10-7-17/h6-11,14,20H,4-5,12-13,15-16H2,1-3H3,(H,29,30,31). The van der Waals surface area contributed by atoms with E-state index in [9.17, 15) is 14.0 Å². The normalized spacial score (nSPS) is 17.8. The number of anilines is 1. The minimum Gasteiger partial charge on any atom is -0.482 e. The van der Waals surface area contributed by atoms with Crippen molar-refractivity contribution in [2.24, 2.45) is 0 Å². The smallest absolute Gasteiger partial charge is 0.265 e. The summed E-state index contributed by atoms with van der Waals surface area (Å²) in [6.45, 7) is 6.74. The predicted molar refractivity (Wildman–Crippen MR) is 132 cm³/mol. The molecule has 1 fully saturated rings. The molecular formula is C27H30FN5O3. The molecule has 3 heterocycles. The van der Waals surface area contributed by atoms with Crippen LogP contribution in [0.5, 0.6) is 5.75 Å². The van der Waals surface area contributed by atoms with Crippen LogP contribution in [0.4, 0.5) is 10.1 Å². The van der Waals surface area contributed by atoms with Crippen molar-refractivity contribution >= 4 is 17.5 Å². The Morgan fingerprint density at radius 2 is 1.97 bits per heavy atom. The number of halogens is 1. The maximum Gasteiger partial charge on any atom is 0.265 e. The lowest BCUT2D eigenvalue weighted by atomic mass is 9.86. The van der Waals surface area contributed by atoms with Crippen LogP contribution < -0.4 is 9.64 Å². The van der Waals surface area contributed by atoms with Gasteiger partial charge in [-0.05, 0) is 53.6 Å². The topological polar surface area (TPSA) is 91.4 Å². The Kier molecular flexibility index (Phi) is 6.24. The SMILES string of the molecule is CC(C)(C)c1ccc2c(c1)N(CC(=O)N1CCCC1c1n[nH]c(Cc3ccc(F)cc3)n1)C(=O)CO2. The van der Waals surface area contributed by atoms with Crippen LogP contribution in [-0.4, -0.2) is 51.6 Å². The molecule has 1 N–H and O–H groups in total. The molecule has 0 aliphatic carbocycles. The Labute approximate surface area is 209 Å². The van der Waals surface area contributed by atoms with Gasteiger partial charge in [0.15, 0.2) is 12.4 Å². The maximum absolute atomic E-state index is 13.5. The molecule has 2 aromatic carbocycles. The largest absolute Gasteiger partial charge is 0.482 e. The fourth-order valence-electron chi connectivity index (χ4n) is 4.74. The number of carbonyl (C=O) groups excluding carboxylic acids is 2. The highest BCUT2D eigenvalue weighted by molar-refractivity contribution is 6.02. The quantitative estimate of drug-likeness (QED) is 0.584. The summed E-state index contributed by atoms with van der Waals surface area (Å²) in [6, 6.07) is 11.8. The van der Waals surface area contributed by atoms with E-state index < -0.39 is 0 Å². The molecule has 1 atom stereocenters. The minimum absolute atomic E-state index is 0.0633. The van der Waals surface area contributed by atoms with Gasteiger partial charge in [-0.2, -0.15) is 5.10 Å². The molecule has 0 bridgehead atoms. The van der Waals surface area contributed by atoms with Gasteiger partial charge in [-0.3, -0.25) is 19.6 Å². The number of carbonyl (C=O) groups is 2. The van der Waals surface area contributed by atoms with Crippen LogP contribution in [0.1, 0.15) is 62.4 Å². The number of aromatic nitrogens is 3. The van der Waals surface area contributed by atoms with Crippen molar-refractivity contribution < 1.29 is 18.7 Å². The number of amides is 2. The molecule has 0 radical (unpaired) electrons. The Balaban J connectivity index is 1.32. The van der Waals surface area contributed by atoms with Crippen LogP contribution in [0.2, 0.25) is 0 Å². The first-order chi connectivity index (χ1) is 17.2. The number of aromatic amines is 1. The van der Waals surface area contributed by atoms with E-state index in [1.807, 2.05) is 18.2 Å². The maximum atomic E-state index is 13.5. The van der Waals surface area contributed by atoms with Crippen molar-refractivity contribution in [1.82, 2.24) is 20.1 Å². The first-order valence-electron chi connectivity index (χ1n) is 12.2. The second-order valence-corrected chi connectivity index (χ2v) is 10.4. The van der Waals surface area contributed by atoms with Gasteiger partial charge in [-0.25, -0.2) is 9.37 Å². The van der Waals surface area contributed by atoms with Crippen molar-refractivity contribution in [3.8, 4) is 5.75 Å². The summed E-state index contributed by atoms with van der Waals surface area (Å²) in [5, 5.41) is 7.33. The molecule has 9 heteroatoms. The van der Waals surface area contributed by atoms with Crippen LogP contribution in [0, 0.1) is 5.82 Å². The van der Waals surface area contributed by atoms with Crippen molar-refractivity contribution in [2.75, 3.05) is 24.6 Å². The number of likely N-dealkylation sites (tertiary alicyclic amines) is 1. The third-order valence-electron chi connectivity index (χ3n) is 6.77. The minimum atomic E-state index is -0.284. The van der Waals surface area contributed by atoms with Crippen molar-refractivity contribution in [1.29, 1.82) is 0 Å². The zero-order chi connectivity index (χ0) is 25.4. The molecule has 2 amide bonds. The Hall–Kier alpha value is -3.75. The third kappa shape index (κ3) is 4.82. The molecule has 1 saturated heterocycles. The molecule has 188 valence electrons. The Bertz CT molecular complexity index is 1280. The van der Waals surface area contributed by atoms with Crippen LogP contribution in [-0.2, 0) is 21.4 Å². The van der Waals surface area contributed by atoms with E-state index in [-0.39, 0.29) is 42.2 Å². The van der Waals surface area contributed by atoms with Gasteiger partial charge >= 0.3 is 0 Å². The second-order valence-electron chi connectivity index (χ2n) is 10.4. The number of hydrogen-bond acceptors (Lipinski definition) is 5. The number of H-pyrrole nitrogens is 1. The monoisotopic (exact) mass is 491 g/mol. The fourth-order valence-corrected chi connectivity index (χ4v) is 4.74. The summed E-state index contributed by atoms with van der Waals surface area (Å²) in [5.41, 5.74) is 2.49. The van der Waals surface area contributed by atoms with E-state index in [0.717, 1.165) is 24.0 Å². The van der Waals surface area contributed by atoms with Crippen LogP contribution >= 0.6 is 0 Å². The molecule has 0 saturated carbocycles. The van der Waals surface area contributed by atoms with Gasteiger partial charge < -0.3 is 9.64 Å². The van der Waals surface area contributed by atoms with E-state index in [4.69, 9.17) is 4.74 Å². The lowest BCUT2D eigenvalue weighted by molar-refractivity contribution is -0.132. The first-order valence-corrected chi connectivity index (χ1v) is 12.2. The lowest BCUT2D eigenvalue weighted by Crippen LogP contribution is -2.46. The molecule has 2 aliphatic heterocycles. The van der Waals surface area contributed by atoms with Gasteiger partial charge in [0.2, 0.25) is 5.91 Å². The number of benzene rings is 2. The van der Waals surface area contributed by atoms with Gasteiger partial charge in [-0.1, -0.05) is 39.0 Å². The summed E-state index contributed by atoms with van der Waals surface area (Å²) >= 11 is 0. The average Bonchev–Trinajstić information content (AvgIpc) is 3.51. The van der Waals surface area contributed by atoms with Crippen LogP contribution in [0.25, 0.3) is 0 Å². The molecule has 3 aromatic rings. The molecule has 8 nitrogen and oxygen atoms in total. The van der Waals surface area contributed by atoms with E-state index in [1.165, 1.54) is 17.0 Å². The summed E-state index contributed by atoms with van der Waals surface area (Å²) in [5.74, 6) is 1.15. The molecule has 2 aliphatic rings. The zero-order valence-electron chi connectivity index (χ0n) is 20.8. The van der Waals surface area contributed by atoms with Crippen molar-refractivity contribution in [3.05, 3.63) is 71.1 Å². The zero-order valence-corrected chi connectivity index (χ0v) is 20.8. The molecule has 0 spiro atoms. The van der Waals surface area contributed by atoms with Gasteiger partial charge in [-0.15, -0.1) is 0 Å². The summed E-state index contributed by atoms with van der Waals surface area (Å²) in [7, 11) is 0. The van der Waals surface area contributed by atoms with Crippen molar-refractivity contribution in [3.63, 3.8) is 0 Å². The second kappa shape index (κ2) is 9.37. The lowest BCUT2D eigenvalue weighted by Gasteiger charge is -2.32. The van der Waals surface area contributed by atoms with E-state index in [2.05, 4.69) is 36.0 Å². The number of hydrogen-bond donors (Lipinski definition) is 1. The van der Waals surface area contributed by atoms with Crippen molar-refractivity contribution in [2.45, 2.75) is 51.5 Å². The fraction of sp³-hybridized carbons (Fsp3) is 0.407. The number of nitrogens with one attached hydrogen (secondary N) is 1. The van der Waals surface area contributed by atoms with Gasteiger partial charge in [0.05, 0.1) is 11.7 Å². The molecular weight excluding hydrogens is 461 g/mol. The predicted octanol–water partition coefficient (Wildman–Crippen LogP) is 3.92. The highest BCUT2D eigenvalue weighted by Gasteiger charge is 2.36. The summed E-state index contributed by atoms with van der Waals surface area (Å²) in [6.07, 6.45) is 2.07. The van der Waals surface area contributed by atoms with Gasteiger partial charge in [0, 0.05) is 13.0 Å². The van der Waals surface area contributed by atoms with E-state index in [0.29, 0.717) is 36.1 Å². The first kappa shape index (κ1) is 24.0. The Morgan fingerprint density at radius 3 is 2.72 bits per heavy atom. The number of nitrogens with zero attached hydrogens (tertiary/aromatic N) is 4. The average molecular weight is 492 g/mol. The molecule has 1 aromatic heterocycles. The number of ether oxygens (including phenoxy) is 1. The number of rotatable bonds is 5. The van der Waals surface area contributed by atoms with Crippen LogP contribution in [0.3, 0.4) is 0 Å². The molecule has 5 rings (SSSR count). The molecule has 36 heavy (non-hydrogen) atoms. The van der Waals surface area contributed by atoms with Gasteiger partial charge in [0.25, 0.3) is 5.91 Å². The van der Waals surface area contributed by atoms with Gasteiger partial charge in [0.1, 0.15) is 23.9 Å². The van der Waals surface area contributed by atoms with E-state index in [1.54, 1.807) is 17.0 Å². The number of fused-ring (bicyclic) bond motifs is 1. The Morgan fingerprint density at radius 1 is 1.19 bits per heavy atom. The molecule has 1 unspecified atom stereocenters. The van der Waals surface area contributed by atoms with Crippen LogP contribution in [0.15, 0.2) is 42.5 Å².